The van der Waals surface area contributed by atoms with E-state index in [1.54, 1.807) is 0 Å². The zero-order chi connectivity index (χ0) is 14.2. The largest absolute Gasteiger partial charge is 0.479 e. The minimum Gasteiger partial charge on any atom is -0.479 e. The molecule has 0 radical (unpaired) electrons. The topological polar surface area (TPSA) is 62.9 Å². The summed E-state index contributed by atoms with van der Waals surface area (Å²) < 4.78 is 7.08. The number of ether oxygens (including phenoxy) is 1. The van der Waals surface area contributed by atoms with Gasteiger partial charge in [0.1, 0.15) is 11.8 Å². The molecule has 104 valence electrons. The van der Waals surface area contributed by atoms with Crippen molar-refractivity contribution in [1.82, 2.24) is 15.1 Å². The van der Waals surface area contributed by atoms with Crippen LogP contribution in [-0.4, -0.2) is 22.9 Å². The molecule has 0 aliphatic carbocycles. The Balaban J connectivity index is 1.75. The molecular formula is C15H18N4O. The summed E-state index contributed by atoms with van der Waals surface area (Å²) in [6, 6.07) is 11.8. The van der Waals surface area contributed by atoms with Crippen LogP contribution in [0.3, 0.4) is 0 Å². The van der Waals surface area contributed by atoms with Crippen molar-refractivity contribution < 1.29 is 4.74 Å². The Hall–Kier alpha value is -2.32. The van der Waals surface area contributed by atoms with Gasteiger partial charge in [-0.05, 0) is 23.8 Å². The van der Waals surface area contributed by atoms with Crippen molar-refractivity contribution >= 4 is 0 Å². The lowest BCUT2D eigenvalue weighted by Crippen LogP contribution is -2.17. The van der Waals surface area contributed by atoms with Crippen LogP contribution in [0, 0.1) is 11.3 Å². The van der Waals surface area contributed by atoms with E-state index in [1.165, 1.54) is 0 Å². The molecule has 1 N–H and O–H groups in total. The number of hydrogen-bond acceptors (Lipinski definition) is 4. The Bertz CT molecular complexity index is 586. The van der Waals surface area contributed by atoms with Crippen molar-refractivity contribution in [2.24, 2.45) is 7.05 Å². The highest BCUT2D eigenvalue weighted by Crippen LogP contribution is 2.12. The van der Waals surface area contributed by atoms with Crippen molar-refractivity contribution in [3.05, 3.63) is 47.8 Å². The predicted octanol–water partition coefficient (Wildman–Crippen LogP) is 1.65. The Morgan fingerprint density at radius 2 is 2.30 bits per heavy atom. The fraction of sp³-hybridized carbons (Fsp3) is 0.333. The van der Waals surface area contributed by atoms with Crippen molar-refractivity contribution in [2.45, 2.75) is 13.0 Å². The highest BCUT2D eigenvalue weighted by Gasteiger charge is 1.99. The first kappa shape index (κ1) is 14.1. The van der Waals surface area contributed by atoms with E-state index in [0.29, 0.717) is 0 Å². The van der Waals surface area contributed by atoms with Gasteiger partial charge in [-0.1, -0.05) is 12.1 Å². The molecule has 0 amide bonds. The molecule has 2 aromatic rings. The second kappa shape index (κ2) is 7.31. The van der Waals surface area contributed by atoms with Gasteiger partial charge in [0.2, 0.25) is 0 Å². The first-order valence-electron chi connectivity index (χ1n) is 6.56. The van der Waals surface area contributed by atoms with E-state index >= 15 is 0 Å². The quantitative estimate of drug-likeness (QED) is 0.777. The molecule has 0 bridgehead atoms. The Labute approximate surface area is 118 Å². The van der Waals surface area contributed by atoms with E-state index in [9.17, 15) is 0 Å². The number of nitrogens with zero attached hydrogens (tertiary/aromatic N) is 3. The van der Waals surface area contributed by atoms with Gasteiger partial charge < -0.3 is 10.1 Å². The summed E-state index contributed by atoms with van der Waals surface area (Å²) in [5, 5.41) is 16.2. The van der Waals surface area contributed by atoms with Gasteiger partial charge in [-0.15, -0.1) is 0 Å². The minimum absolute atomic E-state index is 0.0799. The van der Waals surface area contributed by atoms with Gasteiger partial charge in [-0.3, -0.25) is 4.68 Å². The third kappa shape index (κ3) is 4.41. The Kier molecular flexibility index (Phi) is 5.15. The van der Waals surface area contributed by atoms with Crippen LogP contribution in [0.5, 0.6) is 5.75 Å². The van der Waals surface area contributed by atoms with Gasteiger partial charge in [0.15, 0.2) is 6.61 Å². The van der Waals surface area contributed by atoms with E-state index in [1.807, 2.05) is 54.3 Å². The molecule has 0 saturated carbocycles. The summed E-state index contributed by atoms with van der Waals surface area (Å²) in [7, 11) is 1.92. The number of nitriles is 1. The summed E-state index contributed by atoms with van der Waals surface area (Å²) in [5.41, 5.74) is 2.23. The van der Waals surface area contributed by atoms with Crippen LogP contribution in [0.4, 0.5) is 0 Å². The van der Waals surface area contributed by atoms with Gasteiger partial charge >= 0.3 is 0 Å². The van der Waals surface area contributed by atoms with E-state index in [-0.39, 0.29) is 6.61 Å². The van der Waals surface area contributed by atoms with Crippen molar-refractivity contribution in [1.29, 1.82) is 5.26 Å². The van der Waals surface area contributed by atoms with E-state index < -0.39 is 0 Å². The maximum Gasteiger partial charge on any atom is 0.174 e. The summed E-state index contributed by atoms with van der Waals surface area (Å²) in [6.45, 7) is 1.73. The molecule has 2 rings (SSSR count). The fourth-order valence-electron chi connectivity index (χ4n) is 1.91. The van der Waals surface area contributed by atoms with Crippen molar-refractivity contribution in [2.75, 3.05) is 13.2 Å². The normalized spacial score (nSPS) is 10.2. The van der Waals surface area contributed by atoms with Crippen LogP contribution < -0.4 is 10.1 Å². The molecule has 0 fully saturated rings. The summed E-state index contributed by atoms with van der Waals surface area (Å²) in [4.78, 5) is 0. The highest BCUT2D eigenvalue weighted by atomic mass is 16.5. The maximum absolute atomic E-state index is 8.49. The van der Waals surface area contributed by atoms with Gasteiger partial charge in [0.25, 0.3) is 0 Å². The fourth-order valence-corrected chi connectivity index (χ4v) is 1.91. The average Bonchev–Trinajstić information content (AvgIpc) is 2.87. The van der Waals surface area contributed by atoms with Crippen LogP contribution in [-0.2, 0) is 20.0 Å². The standard InChI is InChI=1S/C15H18N4O/c1-19-9-6-14(18-19)5-8-17-12-13-3-2-4-15(11-13)20-10-7-16/h2-4,6,9,11,17H,5,8,10,12H2,1H3. The van der Waals surface area contributed by atoms with E-state index in [0.717, 1.165) is 36.5 Å². The molecule has 0 spiro atoms. The number of hydrogen-bond donors (Lipinski definition) is 1. The molecule has 5 nitrogen and oxygen atoms in total. The van der Waals surface area contributed by atoms with E-state index in [2.05, 4.69) is 10.4 Å². The van der Waals surface area contributed by atoms with Crippen molar-refractivity contribution in [3.63, 3.8) is 0 Å². The number of rotatable bonds is 7. The third-order valence-electron chi connectivity index (χ3n) is 2.86. The number of benzene rings is 1. The van der Waals surface area contributed by atoms with Crippen LogP contribution in [0.15, 0.2) is 36.5 Å². The number of aryl methyl sites for hydroxylation is 1. The maximum atomic E-state index is 8.49. The molecule has 1 heterocycles. The SMILES string of the molecule is Cn1ccc(CCNCc2cccc(OCC#N)c2)n1. The lowest BCUT2D eigenvalue weighted by molar-refractivity contribution is 0.367. The minimum atomic E-state index is 0.0799. The monoisotopic (exact) mass is 270 g/mol. The zero-order valence-electron chi connectivity index (χ0n) is 11.5. The van der Waals surface area contributed by atoms with Gasteiger partial charge in [-0.25, -0.2) is 0 Å². The zero-order valence-corrected chi connectivity index (χ0v) is 11.5. The van der Waals surface area contributed by atoms with Crippen LogP contribution in [0.2, 0.25) is 0 Å². The molecule has 0 saturated heterocycles. The van der Waals surface area contributed by atoms with E-state index in [4.69, 9.17) is 10.00 Å². The van der Waals surface area contributed by atoms with Gasteiger partial charge in [-0.2, -0.15) is 10.4 Å². The van der Waals surface area contributed by atoms with Gasteiger partial charge in [0.05, 0.1) is 5.69 Å². The molecular weight excluding hydrogens is 252 g/mol. The molecule has 0 unspecified atom stereocenters. The number of nitrogens with one attached hydrogen (secondary N) is 1. The third-order valence-corrected chi connectivity index (χ3v) is 2.86. The molecule has 1 aromatic heterocycles. The molecule has 5 heteroatoms. The molecule has 0 atom stereocenters. The van der Waals surface area contributed by atoms with Crippen LogP contribution in [0.1, 0.15) is 11.3 Å². The smallest absolute Gasteiger partial charge is 0.174 e. The number of aromatic nitrogens is 2. The lowest BCUT2D eigenvalue weighted by Gasteiger charge is -2.06. The van der Waals surface area contributed by atoms with Crippen LogP contribution >= 0.6 is 0 Å². The summed E-state index contributed by atoms with van der Waals surface area (Å²) in [5.74, 6) is 0.732. The van der Waals surface area contributed by atoms with Gasteiger partial charge in [0, 0.05) is 32.8 Å². The highest BCUT2D eigenvalue weighted by molar-refractivity contribution is 5.28. The van der Waals surface area contributed by atoms with Crippen molar-refractivity contribution in [3.8, 4) is 11.8 Å². The van der Waals surface area contributed by atoms with Crippen LogP contribution in [0.25, 0.3) is 0 Å². The predicted molar refractivity (Wildman–Crippen MR) is 76.2 cm³/mol. The first-order valence-corrected chi connectivity index (χ1v) is 6.56. The Morgan fingerprint density at radius 3 is 3.05 bits per heavy atom. The second-order valence-corrected chi connectivity index (χ2v) is 4.50. The average molecular weight is 270 g/mol. The lowest BCUT2D eigenvalue weighted by atomic mass is 10.2. The second-order valence-electron chi connectivity index (χ2n) is 4.50. The first-order chi connectivity index (χ1) is 9.78. The molecule has 0 aliphatic heterocycles. The summed E-state index contributed by atoms with van der Waals surface area (Å²) in [6.07, 6.45) is 2.86. The molecule has 20 heavy (non-hydrogen) atoms. The molecule has 1 aromatic carbocycles. The Morgan fingerprint density at radius 1 is 1.40 bits per heavy atom. The summed E-state index contributed by atoms with van der Waals surface area (Å²) >= 11 is 0. The molecule has 0 aliphatic rings.